The molecule has 1 aromatic heterocycles. The fourth-order valence-electron chi connectivity index (χ4n) is 5.34. The predicted octanol–water partition coefficient (Wildman–Crippen LogP) is 5.23. The summed E-state index contributed by atoms with van der Waals surface area (Å²) in [5, 5.41) is 1.32. The Labute approximate surface area is 195 Å². The van der Waals surface area contributed by atoms with E-state index in [2.05, 4.69) is 79.2 Å². The molecule has 0 spiro atoms. The van der Waals surface area contributed by atoms with Crippen LogP contribution in [-0.4, -0.2) is 31.2 Å². The average Bonchev–Trinajstić information content (AvgIpc) is 3.16. The fourth-order valence-corrected chi connectivity index (χ4v) is 5.34. The Balaban J connectivity index is 1.49. The van der Waals surface area contributed by atoms with E-state index in [1.807, 2.05) is 12.1 Å². The van der Waals surface area contributed by atoms with Gasteiger partial charge in [-0.1, -0.05) is 56.3 Å². The van der Waals surface area contributed by atoms with Crippen molar-refractivity contribution in [3.8, 4) is 0 Å². The summed E-state index contributed by atoms with van der Waals surface area (Å²) in [4.78, 5) is 7.59. The molecule has 3 nitrogen and oxygen atoms in total. The number of quaternary nitrogens is 1. The number of piperazine rings is 1. The van der Waals surface area contributed by atoms with Gasteiger partial charge in [0, 0.05) is 33.4 Å². The third-order valence-electron chi connectivity index (χ3n) is 7.17. The van der Waals surface area contributed by atoms with Crippen molar-refractivity contribution in [3.05, 3.63) is 101 Å². The number of hydrogen-bond donors (Lipinski definition) is 2. The number of benzene rings is 3. The first-order chi connectivity index (χ1) is 16.0. The SMILES string of the molecule is Cc1[nH]c2ccccc2c1C(c1ccc(C(C)C)cc1)[NH+]1CCN(c2ccc(F)cc2)CC1. The maximum Gasteiger partial charge on any atom is 0.141 e. The highest BCUT2D eigenvalue weighted by Crippen LogP contribution is 2.31. The summed E-state index contributed by atoms with van der Waals surface area (Å²) in [5.74, 6) is 0.349. The van der Waals surface area contributed by atoms with Crippen molar-refractivity contribution in [3.63, 3.8) is 0 Å². The van der Waals surface area contributed by atoms with E-state index in [9.17, 15) is 4.39 Å². The second kappa shape index (κ2) is 9.03. The number of hydrogen-bond acceptors (Lipinski definition) is 1. The van der Waals surface area contributed by atoms with Gasteiger partial charge in [-0.2, -0.15) is 0 Å². The highest BCUT2D eigenvalue weighted by molar-refractivity contribution is 5.85. The first-order valence-electron chi connectivity index (χ1n) is 12.0. The summed E-state index contributed by atoms with van der Waals surface area (Å²) < 4.78 is 13.4. The van der Waals surface area contributed by atoms with Crippen LogP contribution in [-0.2, 0) is 0 Å². The molecule has 33 heavy (non-hydrogen) atoms. The van der Waals surface area contributed by atoms with Gasteiger partial charge < -0.3 is 14.8 Å². The van der Waals surface area contributed by atoms with E-state index in [0.29, 0.717) is 5.92 Å². The minimum Gasteiger partial charge on any atom is -0.360 e. The third kappa shape index (κ3) is 4.28. The fraction of sp³-hybridized carbons (Fsp3) is 0.310. The Bertz CT molecular complexity index is 1220. The zero-order valence-corrected chi connectivity index (χ0v) is 19.7. The van der Waals surface area contributed by atoms with Crippen molar-refractivity contribution in [1.82, 2.24) is 4.98 Å². The van der Waals surface area contributed by atoms with Gasteiger partial charge in [0.05, 0.1) is 26.2 Å². The molecule has 4 heteroatoms. The van der Waals surface area contributed by atoms with Gasteiger partial charge >= 0.3 is 0 Å². The van der Waals surface area contributed by atoms with Crippen LogP contribution in [0.4, 0.5) is 10.1 Å². The van der Waals surface area contributed by atoms with Gasteiger partial charge in [0.15, 0.2) is 0 Å². The lowest BCUT2D eigenvalue weighted by Gasteiger charge is -2.38. The van der Waals surface area contributed by atoms with Gasteiger partial charge in [0.25, 0.3) is 0 Å². The lowest BCUT2D eigenvalue weighted by molar-refractivity contribution is -0.926. The highest BCUT2D eigenvalue weighted by Gasteiger charge is 2.33. The molecule has 1 aliphatic heterocycles. The number of anilines is 1. The van der Waals surface area contributed by atoms with E-state index < -0.39 is 0 Å². The first-order valence-corrected chi connectivity index (χ1v) is 12.0. The number of H-pyrrole nitrogens is 1. The van der Waals surface area contributed by atoms with Crippen molar-refractivity contribution < 1.29 is 9.29 Å². The van der Waals surface area contributed by atoms with Crippen molar-refractivity contribution in [2.75, 3.05) is 31.1 Å². The van der Waals surface area contributed by atoms with E-state index in [1.54, 1.807) is 17.0 Å². The number of aromatic amines is 1. The molecule has 0 amide bonds. The largest absolute Gasteiger partial charge is 0.360 e. The number of halogens is 1. The predicted molar refractivity (Wildman–Crippen MR) is 135 cm³/mol. The van der Waals surface area contributed by atoms with Gasteiger partial charge in [-0.3, -0.25) is 0 Å². The molecule has 0 radical (unpaired) electrons. The summed E-state index contributed by atoms with van der Waals surface area (Å²) in [7, 11) is 0. The topological polar surface area (TPSA) is 23.5 Å². The molecule has 1 atom stereocenters. The minimum atomic E-state index is -0.178. The molecule has 1 unspecified atom stereocenters. The van der Waals surface area contributed by atoms with Gasteiger partial charge in [0.2, 0.25) is 0 Å². The number of nitrogens with one attached hydrogen (secondary N) is 2. The van der Waals surface area contributed by atoms with Gasteiger partial charge in [0.1, 0.15) is 11.9 Å². The molecule has 0 aliphatic carbocycles. The molecule has 2 N–H and O–H groups in total. The molecular formula is C29H33FN3+. The lowest BCUT2D eigenvalue weighted by Crippen LogP contribution is -3.15. The van der Waals surface area contributed by atoms with E-state index in [0.717, 1.165) is 31.9 Å². The summed E-state index contributed by atoms with van der Waals surface area (Å²) >= 11 is 0. The van der Waals surface area contributed by atoms with Crippen molar-refractivity contribution in [2.24, 2.45) is 0 Å². The quantitative estimate of drug-likeness (QED) is 0.434. The summed E-state index contributed by atoms with van der Waals surface area (Å²) in [5.41, 5.74) is 7.73. The van der Waals surface area contributed by atoms with Gasteiger partial charge in [-0.25, -0.2) is 4.39 Å². The van der Waals surface area contributed by atoms with Crippen LogP contribution in [0.2, 0.25) is 0 Å². The van der Waals surface area contributed by atoms with E-state index in [1.165, 1.54) is 33.3 Å². The minimum absolute atomic E-state index is 0.178. The van der Waals surface area contributed by atoms with Gasteiger partial charge in [-0.15, -0.1) is 0 Å². The lowest BCUT2D eigenvalue weighted by atomic mass is 9.92. The molecule has 2 heterocycles. The number of aryl methyl sites for hydroxylation is 1. The summed E-state index contributed by atoms with van der Waals surface area (Å²) in [6.07, 6.45) is 0. The molecule has 3 aromatic carbocycles. The van der Waals surface area contributed by atoms with Crippen LogP contribution < -0.4 is 9.80 Å². The summed E-state index contributed by atoms with van der Waals surface area (Å²) in [6, 6.07) is 25.1. The second-order valence-electron chi connectivity index (χ2n) is 9.59. The number of rotatable bonds is 5. The van der Waals surface area contributed by atoms with Crippen molar-refractivity contribution in [2.45, 2.75) is 32.7 Å². The van der Waals surface area contributed by atoms with E-state index in [4.69, 9.17) is 0 Å². The Hall–Kier alpha value is -3.11. The monoisotopic (exact) mass is 442 g/mol. The zero-order valence-electron chi connectivity index (χ0n) is 19.7. The molecule has 5 rings (SSSR count). The highest BCUT2D eigenvalue weighted by atomic mass is 19.1. The normalized spacial score (nSPS) is 16.0. The average molecular weight is 443 g/mol. The molecule has 1 saturated heterocycles. The van der Waals surface area contributed by atoms with E-state index in [-0.39, 0.29) is 11.9 Å². The number of aromatic nitrogens is 1. The standard InChI is InChI=1S/C29H32FN3/c1-20(2)22-8-10-23(11-9-22)29(28-21(3)31-27-7-5-4-6-26(27)28)33-18-16-32(17-19-33)25-14-12-24(30)13-15-25/h4-15,20,29,31H,16-19H2,1-3H3/p+1. The van der Waals surface area contributed by atoms with Gasteiger partial charge in [-0.05, 0) is 48.7 Å². The van der Waals surface area contributed by atoms with Crippen LogP contribution in [0, 0.1) is 12.7 Å². The molecule has 0 saturated carbocycles. The van der Waals surface area contributed by atoms with Crippen LogP contribution in [0.15, 0.2) is 72.8 Å². The second-order valence-corrected chi connectivity index (χ2v) is 9.59. The number of fused-ring (bicyclic) bond motifs is 1. The molecule has 1 fully saturated rings. The zero-order chi connectivity index (χ0) is 22.9. The van der Waals surface area contributed by atoms with Crippen molar-refractivity contribution in [1.29, 1.82) is 0 Å². The van der Waals surface area contributed by atoms with E-state index >= 15 is 0 Å². The smallest absolute Gasteiger partial charge is 0.141 e. The van der Waals surface area contributed by atoms with Crippen LogP contribution in [0.25, 0.3) is 10.9 Å². The molecule has 4 aromatic rings. The maximum atomic E-state index is 13.4. The number of nitrogens with zero attached hydrogens (tertiary/aromatic N) is 1. The van der Waals surface area contributed by atoms with Crippen LogP contribution in [0.3, 0.4) is 0 Å². The van der Waals surface area contributed by atoms with Crippen molar-refractivity contribution >= 4 is 16.6 Å². The van der Waals surface area contributed by atoms with Crippen LogP contribution in [0.1, 0.15) is 48.2 Å². The van der Waals surface area contributed by atoms with Crippen LogP contribution >= 0.6 is 0 Å². The third-order valence-corrected chi connectivity index (χ3v) is 7.17. The molecular weight excluding hydrogens is 409 g/mol. The number of para-hydroxylation sites is 1. The Morgan fingerprint density at radius 1 is 0.848 bits per heavy atom. The Kier molecular flexibility index (Phi) is 5.94. The molecule has 170 valence electrons. The Morgan fingerprint density at radius 3 is 2.15 bits per heavy atom. The molecule has 1 aliphatic rings. The Morgan fingerprint density at radius 2 is 1.48 bits per heavy atom. The summed E-state index contributed by atoms with van der Waals surface area (Å²) in [6.45, 7) is 10.7. The van der Waals surface area contributed by atoms with Crippen LogP contribution in [0.5, 0.6) is 0 Å². The first kappa shape index (κ1) is 21.7. The molecule has 0 bridgehead atoms. The maximum absolute atomic E-state index is 13.4.